The Labute approximate surface area is 185 Å². The van der Waals surface area contributed by atoms with E-state index in [1.165, 1.54) is 16.4 Å². The number of hydrogen-bond acceptors (Lipinski definition) is 5. The molecule has 2 heterocycles. The van der Waals surface area contributed by atoms with Crippen LogP contribution in [0.1, 0.15) is 16.7 Å². The van der Waals surface area contributed by atoms with Crippen molar-refractivity contribution in [2.75, 3.05) is 26.4 Å². The molecule has 1 fully saturated rings. The molecule has 0 saturated carbocycles. The van der Waals surface area contributed by atoms with Gasteiger partial charge in [-0.25, -0.2) is 12.8 Å². The van der Waals surface area contributed by atoms with E-state index in [1.54, 1.807) is 6.07 Å². The summed E-state index contributed by atoms with van der Waals surface area (Å²) < 4.78 is 52.4. The monoisotopic (exact) mass is 460 g/mol. The van der Waals surface area contributed by atoms with Crippen LogP contribution >= 0.6 is 0 Å². The second-order valence-electron chi connectivity index (χ2n) is 7.99. The first-order valence-electron chi connectivity index (χ1n) is 10.3. The number of H-pyrrole nitrogens is 1. The van der Waals surface area contributed by atoms with Gasteiger partial charge in [-0.05, 0) is 61.4 Å². The molecule has 7 nitrogen and oxygen atoms in total. The standard InChI is InChI=1S/C23H25FN2O5S/c1-15-9-16(2)21-11-17(23(27)25-22(21)10-15)12-26(13-19-14-30-7-8-31-19)32(28,29)20-5-3-18(24)4-6-20/h3-6,9-11,19H,7-8,12-14H2,1-2H3,(H,25,27)/t19-/m0/s1. The average molecular weight is 461 g/mol. The minimum atomic E-state index is -4.02. The van der Waals surface area contributed by atoms with Crippen molar-refractivity contribution in [2.45, 2.75) is 31.4 Å². The molecule has 1 atom stereocenters. The maximum atomic E-state index is 13.4. The van der Waals surface area contributed by atoms with Gasteiger partial charge in [-0.2, -0.15) is 4.31 Å². The van der Waals surface area contributed by atoms with Gasteiger partial charge in [-0.15, -0.1) is 0 Å². The number of halogens is 1. The second-order valence-corrected chi connectivity index (χ2v) is 9.92. The maximum absolute atomic E-state index is 13.4. The van der Waals surface area contributed by atoms with E-state index in [2.05, 4.69) is 4.98 Å². The lowest BCUT2D eigenvalue weighted by Crippen LogP contribution is -2.43. The number of nitrogens with zero attached hydrogens (tertiary/aromatic N) is 1. The van der Waals surface area contributed by atoms with E-state index in [0.717, 1.165) is 28.6 Å². The van der Waals surface area contributed by atoms with Crippen molar-refractivity contribution in [1.82, 2.24) is 9.29 Å². The number of fused-ring (bicyclic) bond motifs is 1. The van der Waals surface area contributed by atoms with Gasteiger partial charge < -0.3 is 14.5 Å². The molecule has 3 aromatic rings. The smallest absolute Gasteiger partial charge is 0.252 e. The fraction of sp³-hybridized carbons (Fsp3) is 0.348. The molecule has 32 heavy (non-hydrogen) atoms. The van der Waals surface area contributed by atoms with Crippen LogP contribution in [0.5, 0.6) is 0 Å². The summed E-state index contributed by atoms with van der Waals surface area (Å²) in [5.41, 5.74) is 2.66. The van der Waals surface area contributed by atoms with Crippen LogP contribution < -0.4 is 5.56 Å². The molecule has 1 saturated heterocycles. The molecule has 0 aliphatic carbocycles. The number of pyridine rings is 1. The normalized spacial score (nSPS) is 17.2. The molecule has 1 N–H and O–H groups in total. The zero-order valence-corrected chi connectivity index (χ0v) is 18.7. The van der Waals surface area contributed by atoms with Crippen LogP contribution in [-0.4, -0.2) is 50.2 Å². The van der Waals surface area contributed by atoms with Crippen molar-refractivity contribution in [3.63, 3.8) is 0 Å². The van der Waals surface area contributed by atoms with Crippen LogP contribution in [-0.2, 0) is 26.0 Å². The number of sulfonamides is 1. The Morgan fingerprint density at radius 1 is 1.12 bits per heavy atom. The van der Waals surface area contributed by atoms with E-state index in [4.69, 9.17) is 9.47 Å². The summed E-state index contributed by atoms with van der Waals surface area (Å²) in [5.74, 6) is -0.531. The zero-order valence-electron chi connectivity index (χ0n) is 17.9. The van der Waals surface area contributed by atoms with Crippen molar-refractivity contribution < 1.29 is 22.3 Å². The number of hydrogen-bond donors (Lipinski definition) is 1. The average Bonchev–Trinajstić information content (AvgIpc) is 2.75. The number of aromatic amines is 1. The predicted molar refractivity (Wildman–Crippen MR) is 119 cm³/mol. The molecule has 9 heteroatoms. The number of nitrogens with one attached hydrogen (secondary N) is 1. The van der Waals surface area contributed by atoms with Crippen molar-refractivity contribution in [2.24, 2.45) is 0 Å². The highest BCUT2D eigenvalue weighted by Gasteiger charge is 2.30. The Kier molecular flexibility index (Phi) is 6.43. The molecule has 0 unspecified atom stereocenters. The highest BCUT2D eigenvalue weighted by atomic mass is 32.2. The molecule has 170 valence electrons. The third-order valence-electron chi connectivity index (χ3n) is 5.48. The van der Waals surface area contributed by atoms with Gasteiger partial charge in [-0.3, -0.25) is 4.79 Å². The van der Waals surface area contributed by atoms with E-state index in [1.807, 2.05) is 26.0 Å². The molecule has 4 rings (SSSR count). The Balaban J connectivity index is 1.74. The summed E-state index contributed by atoms with van der Waals surface area (Å²) in [4.78, 5) is 15.6. The first-order valence-corrected chi connectivity index (χ1v) is 11.8. The lowest BCUT2D eigenvalue weighted by Gasteiger charge is -2.29. The van der Waals surface area contributed by atoms with E-state index in [0.29, 0.717) is 24.3 Å². The van der Waals surface area contributed by atoms with Gasteiger partial charge in [0.05, 0.1) is 30.8 Å². The van der Waals surface area contributed by atoms with Crippen molar-refractivity contribution in [1.29, 1.82) is 0 Å². The van der Waals surface area contributed by atoms with E-state index < -0.39 is 21.9 Å². The first kappa shape index (κ1) is 22.6. The maximum Gasteiger partial charge on any atom is 0.252 e. The lowest BCUT2D eigenvalue weighted by atomic mass is 10.0. The minimum Gasteiger partial charge on any atom is -0.376 e. The summed E-state index contributed by atoms with van der Waals surface area (Å²) in [5, 5.41) is 0.849. The number of benzene rings is 2. The third kappa shape index (κ3) is 4.75. The Morgan fingerprint density at radius 3 is 2.56 bits per heavy atom. The van der Waals surface area contributed by atoms with Crippen molar-refractivity contribution in [3.8, 4) is 0 Å². The van der Waals surface area contributed by atoms with E-state index in [9.17, 15) is 17.6 Å². The summed E-state index contributed by atoms with van der Waals surface area (Å²) in [7, 11) is -4.02. The Bertz CT molecular complexity index is 1280. The van der Waals surface area contributed by atoms with Crippen LogP contribution in [0.4, 0.5) is 4.39 Å². The van der Waals surface area contributed by atoms with Gasteiger partial charge in [-0.1, -0.05) is 6.07 Å². The summed E-state index contributed by atoms with van der Waals surface area (Å²) in [6.07, 6.45) is -0.470. The number of aryl methyl sites for hydroxylation is 2. The minimum absolute atomic E-state index is 0.00403. The quantitative estimate of drug-likeness (QED) is 0.611. The van der Waals surface area contributed by atoms with Crippen LogP contribution in [0, 0.1) is 19.7 Å². The highest BCUT2D eigenvalue weighted by molar-refractivity contribution is 7.89. The number of ether oxygens (including phenoxy) is 2. The van der Waals surface area contributed by atoms with Crippen molar-refractivity contribution >= 4 is 20.9 Å². The highest BCUT2D eigenvalue weighted by Crippen LogP contribution is 2.22. The summed E-state index contributed by atoms with van der Waals surface area (Å²) in [6, 6.07) is 10.2. The molecule has 0 amide bonds. The fourth-order valence-corrected chi connectivity index (χ4v) is 5.35. The fourth-order valence-electron chi connectivity index (χ4n) is 3.90. The SMILES string of the molecule is Cc1cc(C)c2cc(CN(C[C@H]3COCCO3)S(=O)(=O)c3ccc(F)cc3)c(=O)[nH]c2c1. The second kappa shape index (κ2) is 9.11. The van der Waals surface area contributed by atoms with E-state index in [-0.39, 0.29) is 30.2 Å². The largest absolute Gasteiger partial charge is 0.376 e. The van der Waals surface area contributed by atoms with Crippen LogP contribution in [0.3, 0.4) is 0 Å². The number of aromatic nitrogens is 1. The molecule has 1 aliphatic rings. The summed E-state index contributed by atoms with van der Waals surface area (Å²) >= 11 is 0. The van der Waals surface area contributed by atoms with Crippen LogP contribution in [0.25, 0.3) is 10.9 Å². The Hall–Kier alpha value is -2.59. The molecule has 0 radical (unpaired) electrons. The van der Waals surface area contributed by atoms with Gasteiger partial charge in [0.15, 0.2) is 0 Å². The molecular weight excluding hydrogens is 435 g/mol. The zero-order chi connectivity index (χ0) is 22.9. The van der Waals surface area contributed by atoms with Crippen LogP contribution in [0.15, 0.2) is 52.2 Å². The van der Waals surface area contributed by atoms with Gasteiger partial charge in [0, 0.05) is 29.6 Å². The van der Waals surface area contributed by atoms with E-state index >= 15 is 0 Å². The molecule has 1 aliphatic heterocycles. The topological polar surface area (TPSA) is 88.7 Å². The van der Waals surface area contributed by atoms with Crippen LogP contribution in [0.2, 0.25) is 0 Å². The van der Waals surface area contributed by atoms with Gasteiger partial charge in [0.2, 0.25) is 10.0 Å². The Morgan fingerprint density at radius 2 is 1.88 bits per heavy atom. The molecule has 2 aromatic carbocycles. The molecular formula is C23H25FN2O5S. The predicted octanol–water partition coefficient (Wildman–Crippen LogP) is 2.89. The molecule has 1 aromatic heterocycles. The lowest BCUT2D eigenvalue weighted by molar-refractivity contribution is -0.0923. The summed E-state index contributed by atoms with van der Waals surface area (Å²) in [6.45, 7) is 4.80. The van der Waals surface area contributed by atoms with Gasteiger partial charge in [0.1, 0.15) is 5.82 Å². The molecule has 0 bridgehead atoms. The first-order chi connectivity index (χ1) is 15.2. The van der Waals surface area contributed by atoms with Crippen molar-refractivity contribution in [3.05, 3.63) is 75.3 Å². The van der Waals surface area contributed by atoms with Gasteiger partial charge >= 0.3 is 0 Å². The number of rotatable bonds is 6. The molecule has 0 spiro atoms. The third-order valence-corrected chi connectivity index (χ3v) is 7.31. The van der Waals surface area contributed by atoms with Gasteiger partial charge in [0.25, 0.3) is 5.56 Å².